The van der Waals surface area contributed by atoms with Crippen molar-refractivity contribution in [2.75, 3.05) is 0 Å². The second-order valence-electron chi connectivity index (χ2n) is 9.64. The van der Waals surface area contributed by atoms with Crippen LogP contribution in [0.5, 0.6) is 5.75 Å². The number of aryl methyl sites for hydroxylation is 1. The maximum atomic E-state index is 10.5. The molecule has 3 aromatic heterocycles. The van der Waals surface area contributed by atoms with Crippen molar-refractivity contribution < 1.29 is 5.11 Å². The summed E-state index contributed by atoms with van der Waals surface area (Å²) in [4.78, 5) is 7.56. The van der Waals surface area contributed by atoms with Crippen molar-refractivity contribution in [3.05, 3.63) is 24.0 Å². The molecule has 0 bridgehead atoms. The number of imidazole rings is 1. The lowest BCUT2D eigenvalue weighted by atomic mass is 9.80. The molecule has 3 N–H and O–H groups in total. The summed E-state index contributed by atoms with van der Waals surface area (Å²) in [6, 6.07) is 5.47. The number of rotatable bonds is 2. The number of benzene rings is 1. The number of aromatic amines is 1. The first-order chi connectivity index (χ1) is 14.1. The lowest BCUT2D eigenvalue weighted by Crippen LogP contribution is -2.58. The van der Waals surface area contributed by atoms with Gasteiger partial charge in [0.2, 0.25) is 5.65 Å². The summed E-state index contributed by atoms with van der Waals surface area (Å²) < 4.78 is 1.90. The molecule has 4 heterocycles. The van der Waals surface area contributed by atoms with E-state index in [1.54, 1.807) is 6.07 Å². The van der Waals surface area contributed by atoms with Crippen molar-refractivity contribution in [2.45, 2.75) is 64.6 Å². The van der Waals surface area contributed by atoms with Gasteiger partial charge >= 0.3 is 0 Å². The first-order valence-corrected chi connectivity index (χ1v) is 10.2. The number of H-pyrrole nitrogens is 1. The smallest absolute Gasteiger partial charge is 0.201 e. The molecule has 156 valence electrons. The zero-order valence-electron chi connectivity index (χ0n) is 17.9. The molecule has 30 heavy (non-hydrogen) atoms. The van der Waals surface area contributed by atoms with Crippen LogP contribution in [0.25, 0.3) is 33.5 Å². The third-order valence-electron chi connectivity index (χ3n) is 5.73. The maximum absolute atomic E-state index is 10.5. The van der Waals surface area contributed by atoms with Crippen LogP contribution < -0.4 is 5.32 Å². The molecule has 0 spiro atoms. The summed E-state index contributed by atoms with van der Waals surface area (Å²) in [5, 5.41) is 31.8. The van der Waals surface area contributed by atoms with E-state index in [1.165, 1.54) is 0 Å². The van der Waals surface area contributed by atoms with E-state index in [1.807, 2.05) is 23.7 Å². The van der Waals surface area contributed by atoms with Crippen LogP contribution >= 0.6 is 0 Å². The highest BCUT2D eigenvalue weighted by atomic mass is 16.3. The van der Waals surface area contributed by atoms with Crippen molar-refractivity contribution in [1.82, 2.24) is 40.5 Å². The minimum Gasteiger partial charge on any atom is -0.507 e. The number of aromatic hydroxyl groups is 1. The van der Waals surface area contributed by atoms with Gasteiger partial charge in [-0.3, -0.25) is 0 Å². The Morgan fingerprint density at radius 2 is 1.73 bits per heavy atom. The van der Waals surface area contributed by atoms with Gasteiger partial charge in [0.15, 0.2) is 0 Å². The monoisotopic (exact) mass is 406 g/mol. The van der Waals surface area contributed by atoms with Gasteiger partial charge in [-0.2, -0.15) is 0 Å². The van der Waals surface area contributed by atoms with E-state index < -0.39 is 0 Å². The predicted molar refractivity (Wildman–Crippen MR) is 114 cm³/mol. The molecule has 1 saturated heterocycles. The van der Waals surface area contributed by atoms with E-state index in [0.717, 1.165) is 29.7 Å². The quantitative estimate of drug-likeness (QED) is 0.468. The van der Waals surface area contributed by atoms with Gasteiger partial charge in [0.05, 0.1) is 22.8 Å². The van der Waals surface area contributed by atoms with Crippen LogP contribution in [0.4, 0.5) is 0 Å². The van der Waals surface area contributed by atoms with Gasteiger partial charge in [-0.1, -0.05) is 5.21 Å². The lowest BCUT2D eigenvalue weighted by molar-refractivity contribution is 0.127. The van der Waals surface area contributed by atoms with Crippen LogP contribution in [0.2, 0.25) is 0 Å². The SMILES string of the molecule is Cc1nc2cc(-c3cc4nnn(C5CC(C)(C)NC(C)(C)C5)c4nn3)c(O)cc2[nH]1. The highest BCUT2D eigenvalue weighted by Crippen LogP contribution is 2.37. The maximum Gasteiger partial charge on any atom is 0.201 e. The Morgan fingerprint density at radius 1 is 1.00 bits per heavy atom. The average molecular weight is 406 g/mol. The van der Waals surface area contributed by atoms with E-state index >= 15 is 0 Å². The first-order valence-electron chi connectivity index (χ1n) is 10.2. The second kappa shape index (κ2) is 6.21. The largest absolute Gasteiger partial charge is 0.507 e. The van der Waals surface area contributed by atoms with E-state index in [0.29, 0.717) is 22.4 Å². The molecule has 1 aromatic carbocycles. The number of piperidine rings is 1. The van der Waals surface area contributed by atoms with Crippen molar-refractivity contribution >= 4 is 22.2 Å². The van der Waals surface area contributed by atoms with Gasteiger partial charge < -0.3 is 15.4 Å². The molecule has 0 radical (unpaired) electrons. The molecule has 1 fully saturated rings. The zero-order valence-corrected chi connectivity index (χ0v) is 17.9. The average Bonchev–Trinajstić information content (AvgIpc) is 3.19. The van der Waals surface area contributed by atoms with Gasteiger partial charge in [0, 0.05) is 22.7 Å². The van der Waals surface area contributed by atoms with Crippen LogP contribution in [0.3, 0.4) is 0 Å². The Bertz CT molecular complexity index is 1250. The second-order valence-corrected chi connectivity index (χ2v) is 9.64. The Kier molecular flexibility index (Phi) is 3.92. The first kappa shape index (κ1) is 18.9. The molecule has 0 amide bonds. The highest BCUT2D eigenvalue weighted by Gasteiger charge is 2.39. The fraction of sp³-hybridized carbons (Fsp3) is 0.476. The van der Waals surface area contributed by atoms with Gasteiger partial charge in [-0.15, -0.1) is 15.3 Å². The van der Waals surface area contributed by atoms with Gasteiger partial charge in [-0.05, 0) is 59.6 Å². The van der Waals surface area contributed by atoms with E-state index in [2.05, 4.69) is 63.5 Å². The molecule has 1 aliphatic heterocycles. The minimum atomic E-state index is -0.0129. The summed E-state index contributed by atoms with van der Waals surface area (Å²) in [5.41, 5.74) is 3.96. The molecule has 1 aliphatic rings. The van der Waals surface area contributed by atoms with Crippen LogP contribution in [0.1, 0.15) is 52.4 Å². The number of hydrogen-bond donors (Lipinski definition) is 3. The molecule has 9 nitrogen and oxygen atoms in total. The Morgan fingerprint density at radius 3 is 2.47 bits per heavy atom. The topological polar surface area (TPSA) is 117 Å². The summed E-state index contributed by atoms with van der Waals surface area (Å²) >= 11 is 0. The van der Waals surface area contributed by atoms with Crippen LogP contribution in [-0.4, -0.2) is 51.3 Å². The van der Waals surface area contributed by atoms with E-state index in [4.69, 9.17) is 0 Å². The number of nitrogens with zero attached hydrogens (tertiary/aromatic N) is 6. The molecule has 9 heteroatoms. The molecule has 5 rings (SSSR count). The zero-order chi connectivity index (χ0) is 21.3. The van der Waals surface area contributed by atoms with Gasteiger partial charge in [0.25, 0.3) is 0 Å². The molecule has 0 atom stereocenters. The molecular formula is C21H26N8O. The van der Waals surface area contributed by atoms with Crippen LogP contribution in [0, 0.1) is 6.92 Å². The standard InChI is InChI=1S/C21H26N8O/c1-11-22-15-6-13(18(30)8-16(15)23-11)14-7-17-19(26-24-14)29(28-25-17)12-9-20(2,3)27-21(4,5)10-12/h6-8,12,27,30H,9-10H2,1-5H3,(H,22,23). The number of fused-ring (bicyclic) bond motifs is 2. The predicted octanol–water partition coefficient (Wildman–Crippen LogP) is 3.26. The van der Waals surface area contributed by atoms with Crippen LogP contribution in [0.15, 0.2) is 18.2 Å². The summed E-state index contributed by atoms with van der Waals surface area (Å²) in [7, 11) is 0. The number of nitrogens with one attached hydrogen (secondary N) is 2. The van der Waals surface area contributed by atoms with Crippen molar-refractivity contribution in [2.24, 2.45) is 0 Å². The number of aromatic nitrogens is 7. The Hall–Kier alpha value is -3.07. The Labute approximate surface area is 173 Å². The lowest BCUT2D eigenvalue weighted by Gasteiger charge is -2.46. The third-order valence-corrected chi connectivity index (χ3v) is 5.73. The van der Waals surface area contributed by atoms with E-state index in [9.17, 15) is 5.11 Å². The summed E-state index contributed by atoms with van der Waals surface area (Å²) in [5.74, 6) is 0.910. The van der Waals surface area contributed by atoms with Crippen molar-refractivity contribution in [3.63, 3.8) is 0 Å². The molecule has 0 aliphatic carbocycles. The third kappa shape index (κ3) is 3.19. The van der Waals surface area contributed by atoms with Gasteiger partial charge in [-0.25, -0.2) is 9.67 Å². The Balaban J connectivity index is 1.55. The number of phenols is 1. The summed E-state index contributed by atoms with van der Waals surface area (Å²) in [6.45, 7) is 10.7. The van der Waals surface area contributed by atoms with Crippen LogP contribution in [-0.2, 0) is 0 Å². The molecular weight excluding hydrogens is 380 g/mol. The van der Waals surface area contributed by atoms with Crippen molar-refractivity contribution in [1.29, 1.82) is 0 Å². The van der Waals surface area contributed by atoms with E-state index in [-0.39, 0.29) is 22.9 Å². The fourth-order valence-corrected chi connectivity index (χ4v) is 4.95. The minimum absolute atomic E-state index is 0.0129. The van der Waals surface area contributed by atoms with Gasteiger partial charge in [0.1, 0.15) is 17.1 Å². The highest BCUT2D eigenvalue weighted by molar-refractivity contribution is 5.86. The fourth-order valence-electron chi connectivity index (χ4n) is 4.95. The number of hydrogen-bond acceptors (Lipinski definition) is 7. The number of phenolic OH excluding ortho intramolecular Hbond substituents is 1. The molecule has 0 saturated carbocycles. The molecule has 0 unspecified atom stereocenters. The van der Waals surface area contributed by atoms with Crippen molar-refractivity contribution in [3.8, 4) is 17.0 Å². The molecule has 4 aromatic rings. The normalized spacial score (nSPS) is 19.0. The summed E-state index contributed by atoms with van der Waals surface area (Å²) in [6.07, 6.45) is 1.85.